The molecule has 1 atom stereocenters. The fourth-order valence-corrected chi connectivity index (χ4v) is 4.68. The van der Waals surface area contributed by atoms with Crippen LogP contribution in [0.3, 0.4) is 0 Å². The highest BCUT2D eigenvalue weighted by Gasteiger charge is 2.27. The van der Waals surface area contributed by atoms with Gasteiger partial charge in [-0.05, 0) is 28.9 Å². The second kappa shape index (κ2) is 7.20. The molecule has 160 valence electrons. The van der Waals surface area contributed by atoms with Crippen LogP contribution in [0.15, 0.2) is 65.7 Å². The Hall–Kier alpha value is -4.18. The third-order valence-corrected chi connectivity index (χ3v) is 6.44. The number of hydrogen-bond acceptors (Lipinski definition) is 6. The van der Waals surface area contributed by atoms with Crippen LogP contribution in [0.1, 0.15) is 0 Å². The van der Waals surface area contributed by atoms with Crippen molar-refractivity contribution in [1.82, 2.24) is 14.2 Å². The molecule has 0 amide bonds. The molecule has 1 unspecified atom stereocenters. The Kier molecular flexibility index (Phi) is 4.45. The van der Waals surface area contributed by atoms with Crippen molar-refractivity contribution in [2.75, 3.05) is 6.26 Å². The Morgan fingerprint density at radius 3 is 2.66 bits per heavy atom. The van der Waals surface area contributed by atoms with Gasteiger partial charge in [-0.2, -0.15) is 0 Å². The van der Waals surface area contributed by atoms with Gasteiger partial charge in [-0.25, -0.2) is 10.1 Å². The standard InChI is InChI=1S/C22H18N6O3S/c1-32(31)14-8-9-16-18(11-14)26(21(24)15-6-3-2-5-13(15)12-23)22-19(16)20-17(7-4-10-25-20)27(22)28(29)30/h2-12H,23-24H2,1H3/b13-12-,21-15+. The lowest BCUT2D eigenvalue weighted by atomic mass is 10.2. The highest BCUT2D eigenvalue weighted by molar-refractivity contribution is 7.84. The number of aromatic nitrogens is 3. The van der Waals surface area contributed by atoms with Gasteiger partial charge in [0.1, 0.15) is 16.9 Å². The molecule has 9 nitrogen and oxygen atoms in total. The summed E-state index contributed by atoms with van der Waals surface area (Å²) in [4.78, 5) is 17.2. The van der Waals surface area contributed by atoms with Crippen LogP contribution < -0.4 is 21.9 Å². The molecule has 0 saturated carbocycles. The zero-order valence-electron chi connectivity index (χ0n) is 16.9. The second-order valence-electron chi connectivity index (χ2n) is 7.23. The van der Waals surface area contributed by atoms with Gasteiger partial charge in [0.25, 0.3) is 0 Å². The molecule has 0 spiro atoms. The molecule has 0 fully saturated rings. The fraction of sp³-hybridized carbons (Fsp3) is 0.0455. The number of benzene rings is 2. The molecular formula is C22H18N6O3S. The summed E-state index contributed by atoms with van der Waals surface area (Å²) in [6.07, 6.45) is 4.60. The minimum absolute atomic E-state index is 0.257. The zero-order chi connectivity index (χ0) is 22.6. The monoisotopic (exact) mass is 446 g/mol. The van der Waals surface area contributed by atoms with E-state index in [4.69, 9.17) is 11.5 Å². The topological polar surface area (TPSA) is 135 Å². The Morgan fingerprint density at radius 2 is 1.94 bits per heavy atom. The average molecular weight is 446 g/mol. The SMILES string of the molecule is CS(=O)c1ccc2c3c4ncccc4n([N+](=O)[O-])c3n(/C(N)=c3\cccc\c3=C\N)c2c1. The van der Waals surface area contributed by atoms with Gasteiger partial charge in [-0.3, -0.25) is 13.8 Å². The summed E-state index contributed by atoms with van der Waals surface area (Å²) in [6, 6.07) is 15.8. The largest absolute Gasteiger partial charge is 0.404 e. The van der Waals surface area contributed by atoms with E-state index >= 15 is 0 Å². The summed E-state index contributed by atoms with van der Waals surface area (Å²) in [5, 5.41) is 14.3. The molecule has 32 heavy (non-hydrogen) atoms. The summed E-state index contributed by atoms with van der Waals surface area (Å²) in [6.45, 7) is 0. The van der Waals surface area contributed by atoms with Crippen molar-refractivity contribution >= 4 is 55.8 Å². The maximum absolute atomic E-state index is 12.2. The van der Waals surface area contributed by atoms with Crippen LogP contribution >= 0.6 is 0 Å². The molecule has 0 aliphatic carbocycles. The van der Waals surface area contributed by atoms with Gasteiger partial charge in [0.2, 0.25) is 0 Å². The number of nitro groups is 1. The van der Waals surface area contributed by atoms with Gasteiger partial charge in [0.15, 0.2) is 10.7 Å². The molecule has 3 aromatic heterocycles. The van der Waals surface area contributed by atoms with Gasteiger partial charge in [-0.15, -0.1) is 0 Å². The number of pyridine rings is 1. The lowest BCUT2D eigenvalue weighted by Gasteiger charge is -2.09. The van der Waals surface area contributed by atoms with E-state index in [2.05, 4.69) is 4.98 Å². The highest BCUT2D eigenvalue weighted by atomic mass is 32.2. The van der Waals surface area contributed by atoms with Crippen LogP contribution in [0.25, 0.3) is 45.0 Å². The molecular weight excluding hydrogens is 428 g/mol. The molecule has 10 heteroatoms. The Balaban J connectivity index is 2.13. The van der Waals surface area contributed by atoms with Gasteiger partial charge in [-0.1, -0.05) is 30.3 Å². The third-order valence-electron chi connectivity index (χ3n) is 5.52. The molecule has 4 N–H and O–H groups in total. The van der Waals surface area contributed by atoms with Crippen molar-refractivity contribution in [2.24, 2.45) is 11.5 Å². The first-order chi connectivity index (χ1) is 15.4. The smallest absolute Gasteiger partial charge is 0.197 e. The van der Waals surface area contributed by atoms with E-state index in [-0.39, 0.29) is 11.5 Å². The lowest BCUT2D eigenvalue weighted by Crippen LogP contribution is -2.33. The normalized spacial score (nSPS) is 14.3. The molecule has 3 heterocycles. The molecule has 0 aliphatic heterocycles. The van der Waals surface area contributed by atoms with Crippen LogP contribution in [0.5, 0.6) is 0 Å². The van der Waals surface area contributed by atoms with Crippen molar-refractivity contribution in [3.05, 3.63) is 81.3 Å². The summed E-state index contributed by atoms with van der Waals surface area (Å²) < 4.78 is 14.8. The predicted octanol–water partition coefficient (Wildman–Crippen LogP) is 1.19. The number of hydrogen-bond donors (Lipinski definition) is 2. The molecule has 0 aliphatic rings. The maximum Gasteiger partial charge on any atom is 0.197 e. The lowest BCUT2D eigenvalue weighted by molar-refractivity contribution is -0.533. The summed E-state index contributed by atoms with van der Waals surface area (Å²) in [5.74, 6) is 0.257. The maximum atomic E-state index is 12.2. The number of nitrogens with two attached hydrogens (primary N) is 2. The zero-order valence-corrected chi connectivity index (χ0v) is 17.7. The van der Waals surface area contributed by atoms with Gasteiger partial charge < -0.3 is 11.5 Å². The third kappa shape index (κ3) is 2.70. The van der Waals surface area contributed by atoms with Crippen molar-refractivity contribution < 1.29 is 9.24 Å². The van der Waals surface area contributed by atoms with E-state index in [1.165, 1.54) is 6.20 Å². The fourth-order valence-electron chi connectivity index (χ4n) is 4.15. The van der Waals surface area contributed by atoms with Crippen LogP contribution in [0.4, 0.5) is 0 Å². The van der Waals surface area contributed by atoms with Gasteiger partial charge in [0.05, 0.1) is 10.9 Å². The molecule has 2 aromatic carbocycles. The van der Waals surface area contributed by atoms with Crippen LogP contribution in [-0.2, 0) is 10.8 Å². The van der Waals surface area contributed by atoms with Crippen LogP contribution in [-0.4, -0.2) is 29.7 Å². The van der Waals surface area contributed by atoms with E-state index in [1.54, 1.807) is 53.4 Å². The molecule has 0 saturated heterocycles. The van der Waals surface area contributed by atoms with E-state index in [9.17, 15) is 14.3 Å². The summed E-state index contributed by atoms with van der Waals surface area (Å²) in [5.41, 5.74) is 14.2. The molecule has 5 rings (SSSR count). The minimum atomic E-state index is -1.25. The van der Waals surface area contributed by atoms with Crippen molar-refractivity contribution in [3.63, 3.8) is 0 Å². The van der Waals surface area contributed by atoms with E-state index in [0.717, 1.165) is 10.1 Å². The second-order valence-corrected chi connectivity index (χ2v) is 8.61. The summed E-state index contributed by atoms with van der Waals surface area (Å²) >= 11 is 0. The first kappa shape index (κ1) is 19.8. The van der Waals surface area contributed by atoms with Gasteiger partial charge >= 0.3 is 0 Å². The molecule has 5 aromatic rings. The Bertz CT molecular complexity index is 1720. The van der Waals surface area contributed by atoms with Crippen LogP contribution in [0, 0.1) is 10.1 Å². The molecule has 0 radical (unpaired) electrons. The van der Waals surface area contributed by atoms with E-state index in [1.807, 2.05) is 18.2 Å². The number of nitrogens with zero attached hydrogens (tertiary/aromatic N) is 4. The number of rotatable bonds is 3. The summed E-state index contributed by atoms with van der Waals surface area (Å²) in [7, 11) is -1.25. The first-order valence-electron chi connectivity index (χ1n) is 9.63. The van der Waals surface area contributed by atoms with E-state index < -0.39 is 15.8 Å². The van der Waals surface area contributed by atoms with Crippen molar-refractivity contribution in [3.8, 4) is 0 Å². The Labute approximate surface area is 183 Å². The van der Waals surface area contributed by atoms with E-state index in [0.29, 0.717) is 37.3 Å². The minimum Gasteiger partial charge on any atom is -0.404 e. The van der Waals surface area contributed by atoms with Gasteiger partial charge in [0, 0.05) is 50.2 Å². The number of fused-ring (bicyclic) bond motifs is 5. The average Bonchev–Trinajstić information content (AvgIpc) is 3.30. The van der Waals surface area contributed by atoms with Crippen molar-refractivity contribution in [2.45, 2.75) is 4.90 Å². The van der Waals surface area contributed by atoms with Crippen molar-refractivity contribution in [1.29, 1.82) is 0 Å². The quantitative estimate of drug-likeness (QED) is 0.316. The molecule has 0 bridgehead atoms. The predicted molar refractivity (Wildman–Crippen MR) is 125 cm³/mol. The van der Waals surface area contributed by atoms with Crippen LogP contribution in [0.2, 0.25) is 0 Å². The Morgan fingerprint density at radius 1 is 1.16 bits per heavy atom. The highest BCUT2D eigenvalue weighted by Crippen LogP contribution is 2.37. The first-order valence-corrected chi connectivity index (χ1v) is 11.2.